The van der Waals surface area contributed by atoms with E-state index in [-0.39, 0.29) is 24.7 Å². The van der Waals surface area contributed by atoms with Crippen molar-refractivity contribution in [3.05, 3.63) is 29.6 Å². The molecule has 31 heavy (non-hydrogen) atoms. The standard InChI is InChI=1S/C21H24F3N3O4/c22-14-9-13(10-15(23)18(14)24)27-19(29)16(25-20(27)30)4-5-17(28)26-8-7-21(31)6-2-1-3-12(21)11-26/h9-10,12,16,31H,1-8,11H2,(H,25,30)/t12-,16+,21+/m1/s1. The number of likely N-dealkylation sites (tertiary alicyclic amines) is 1. The molecule has 168 valence electrons. The summed E-state index contributed by atoms with van der Waals surface area (Å²) in [6, 6.07) is -0.771. The van der Waals surface area contributed by atoms with E-state index < -0.39 is 46.7 Å². The lowest BCUT2D eigenvalue weighted by Crippen LogP contribution is -2.54. The number of hydrogen-bond acceptors (Lipinski definition) is 4. The van der Waals surface area contributed by atoms with Crippen LogP contribution in [0, 0.1) is 23.4 Å². The van der Waals surface area contributed by atoms with Crippen molar-refractivity contribution in [3.8, 4) is 0 Å². The van der Waals surface area contributed by atoms with Gasteiger partial charge < -0.3 is 15.3 Å². The van der Waals surface area contributed by atoms with Gasteiger partial charge in [-0.2, -0.15) is 0 Å². The maximum absolute atomic E-state index is 13.5. The third-order valence-corrected chi connectivity index (χ3v) is 6.67. The van der Waals surface area contributed by atoms with Gasteiger partial charge in [0.1, 0.15) is 6.04 Å². The summed E-state index contributed by atoms with van der Waals surface area (Å²) in [5, 5.41) is 13.1. The fraction of sp³-hybridized carbons (Fsp3) is 0.571. The van der Waals surface area contributed by atoms with E-state index in [4.69, 9.17) is 0 Å². The Morgan fingerprint density at radius 1 is 1.16 bits per heavy atom. The van der Waals surface area contributed by atoms with Gasteiger partial charge in [0.2, 0.25) is 5.91 Å². The lowest BCUT2D eigenvalue weighted by molar-refractivity contribution is -0.143. The van der Waals surface area contributed by atoms with Crippen LogP contribution in [0.15, 0.2) is 12.1 Å². The minimum atomic E-state index is -1.69. The van der Waals surface area contributed by atoms with Gasteiger partial charge in [-0.05, 0) is 25.7 Å². The lowest BCUT2D eigenvalue weighted by atomic mass is 9.71. The number of fused-ring (bicyclic) bond motifs is 1. The van der Waals surface area contributed by atoms with Crippen LogP contribution < -0.4 is 10.2 Å². The number of nitrogens with zero attached hydrogens (tertiary/aromatic N) is 2. The summed E-state index contributed by atoms with van der Waals surface area (Å²) < 4.78 is 40.2. The third kappa shape index (κ3) is 4.00. The molecule has 0 bridgehead atoms. The fourth-order valence-electron chi connectivity index (χ4n) is 4.87. The van der Waals surface area contributed by atoms with Gasteiger partial charge in [-0.1, -0.05) is 12.8 Å². The Balaban J connectivity index is 1.37. The number of imide groups is 1. The molecule has 0 radical (unpaired) electrons. The predicted octanol–water partition coefficient (Wildman–Crippen LogP) is 2.46. The summed E-state index contributed by atoms with van der Waals surface area (Å²) in [6.45, 7) is 0.914. The molecule has 1 aromatic carbocycles. The zero-order chi connectivity index (χ0) is 22.3. The summed E-state index contributed by atoms with van der Waals surface area (Å²) in [6.07, 6.45) is 4.19. The van der Waals surface area contributed by atoms with Crippen LogP contribution in [0.4, 0.5) is 23.7 Å². The second kappa shape index (κ2) is 8.14. The maximum atomic E-state index is 13.5. The molecule has 0 spiro atoms. The Kier molecular flexibility index (Phi) is 5.67. The first-order chi connectivity index (χ1) is 14.7. The second-order valence-electron chi connectivity index (χ2n) is 8.57. The topological polar surface area (TPSA) is 90.0 Å². The van der Waals surface area contributed by atoms with E-state index in [1.54, 1.807) is 4.90 Å². The highest BCUT2D eigenvalue weighted by Crippen LogP contribution is 2.40. The van der Waals surface area contributed by atoms with Gasteiger partial charge in [-0.25, -0.2) is 22.9 Å². The minimum Gasteiger partial charge on any atom is -0.389 e. The second-order valence-corrected chi connectivity index (χ2v) is 8.57. The molecule has 3 aliphatic rings. The molecule has 10 heteroatoms. The maximum Gasteiger partial charge on any atom is 0.329 e. The van der Waals surface area contributed by atoms with Gasteiger partial charge in [0.05, 0.1) is 11.3 Å². The van der Waals surface area contributed by atoms with Crippen molar-refractivity contribution in [1.29, 1.82) is 0 Å². The molecule has 7 nitrogen and oxygen atoms in total. The van der Waals surface area contributed by atoms with E-state index in [1.807, 2.05) is 0 Å². The molecule has 0 unspecified atom stereocenters. The first-order valence-electron chi connectivity index (χ1n) is 10.5. The van der Waals surface area contributed by atoms with Crippen LogP contribution in [-0.2, 0) is 9.59 Å². The van der Waals surface area contributed by atoms with E-state index in [2.05, 4.69) is 5.32 Å². The number of urea groups is 1. The predicted molar refractivity (Wildman–Crippen MR) is 103 cm³/mol. The SMILES string of the molecule is O=C(CC[C@@H]1NC(=O)N(c2cc(F)c(F)c(F)c2)C1=O)N1CC[C@@]2(O)CCCC[C@@H]2C1. The molecule has 1 saturated carbocycles. The molecule has 3 fully saturated rings. The van der Waals surface area contributed by atoms with Gasteiger partial charge in [-0.15, -0.1) is 0 Å². The van der Waals surface area contributed by atoms with E-state index in [0.29, 0.717) is 36.5 Å². The van der Waals surface area contributed by atoms with Gasteiger partial charge in [0, 0.05) is 37.6 Å². The number of halogens is 3. The monoisotopic (exact) mass is 439 g/mol. The number of anilines is 1. The molecule has 2 N–H and O–H groups in total. The minimum absolute atomic E-state index is 0.00180. The molecule has 4 rings (SSSR count). The Morgan fingerprint density at radius 2 is 1.87 bits per heavy atom. The highest BCUT2D eigenvalue weighted by Gasteiger charge is 2.44. The summed E-state index contributed by atoms with van der Waals surface area (Å²) >= 11 is 0. The van der Waals surface area contributed by atoms with E-state index >= 15 is 0 Å². The average Bonchev–Trinajstić information content (AvgIpc) is 3.02. The van der Waals surface area contributed by atoms with Crippen molar-refractivity contribution < 1.29 is 32.7 Å². The Morgan fingerprint density at radius 3 is 2.58 bits per heavy atom. The van der Waals surface area contributed by atoms with Gasteiger partial charge in [0.15, 0.2) is 17.5 Å². The fourth-order valence-corrected chi connectivity index (χ4v) is 4.87. The van der Waals surface area contributed by atoms with Crippen molar-refractivity contribution >= 4 is 23.5 Å². The molecule has 1 aromatic rings. The number of nitrogens with one attached hydrogen (secondary N) is 1. The van der Waals surface area contributed by atoms with Crippen LogP contribution in [0.3, 0.4) is 0 Å². The molecule has 4 amide bonds. The quantitative estimate of drug-likeness (QED) is 0.557. The van der Waals surface area contributed by atoms with E-state index in [9.17, 15) is 32.7 Å². The van der Waals surface area contributed by atoms with Gasteiger partial charge in [-0.3, -0.25) is 9.59 Å². The first kappa shape index (κ1) is 21.6. The lowest BCUT2D eigenvalue weighted by Gasteiger charge is -2.47. The van der Waals surface area contributed by atoms with Gasteiger partial charge in [0.25, 0.3) is 5.91 Å². The van der Waals surface area contributed by atoms with Crippen molar-refractivity contribution in [2.45, 2.75) is 56.6 Å². The smallest absolute Gasteiger partial charge is 0.329 e. The van der Waals surface area contributed by atoms with Crippen LogP contribution in [0.5, 0.6) is 0 Å². The number of rotatable bonds is 4. The molecule has 0 aromatic heterocycles. The molecule has 3 atom stereocenters. The summed E-state index contributed by atoms with van der Waals surface area (Å²) in [5.74, 6) is -5.60. The Hall–Kier alpha value is -2.62. The zero-order valence-corrected chi connectivity index (χ0v) is 16.9. The Bertz CT molecular complexity index is 904. The highest BCUT2D eigenvalue weighted by molar-refractivity contribution is 6.21. The van der Waals surface area contributed by atoms with Crippen molar-refractivity contribution in [2.75, 3.05) is 18.0 Å². The van der Waals surface area contributed by atoms with Crippen LogP contribution in [0.1, 0.15) is 44.9 Å². The number of carbonyl (C=O) groups excluding carboxylic acids is 3. The zero-order valence-electron chi connectivity index (χ0n) is 16.9. The highest BCUT2D eigenvalue weighted by atomic mass is 19.2. The molecule has 1 aliphatic carbocycles. The normalized spacial score (nSPS) is 28.5. The van der Waals surface area contributed by atoms with Crippen LogP contribution >= 0.6 is 0 Å². The van der Waals surface area contributed by atoms with Gasteiger partial charge >= 0.3 is 6.03 Å². The van der Waals surface area contributed by atoms with Crippen LogP contribution in [0.25, 0.3) is 0 Å². The average molecular weight is 439 g/mol. The van der Waals surface area contributed by atoms with E-state index in [0.717, 1.165) is 25.7 Å². The third-order valence-electron chi connectivity index (χ3n) is 6.67. The summed E-state index contributed by atoms with van der Waals surface area (Å²) in [4.78, 5) is 39.7. The number of amides is 4. The number of hydrogen-bond donors (Lipinski definition) is 2. The molecule has 2 heterocycles. The van der Waals surface area contributed by atoms with Crippen LogP contribution in [0.2, 0.25) is 0 Å². The first-order valence-corrected chi connectivity index (χ1v) is 10.5. The van der Waals surface area contributed by atoms with Crippen LogP contribution in [-0.4, -0.2) is 52.6 Å². The van der Waals surface area contributed by atoms with Crippen molar-refractivity contribution in [3.63, 3.8) is 0 Å². The van der Waals surface area contributed by atoms with E-state index in [1.165, 1.54) is 0 Å². The molecule has 2 aliphatic heterocycles. The molecular formula is C21H24F3N3O4. The number of aliphatic hydroxyl groups is 1. The Labute approximate surface area is 177 Å². The molecule has 2 saturated heterocycles. The molecular weight excluding hydrogens is 415 g/mol. The van der Waals surface area contributed by atoms with Crippen molar-refractivity contribution in [2.24, 2.45) is 5.92 Å². The summed E-state index contributed by atoms with van der Waals surface area (Å²) in [5.41, 5.74) is -1.12. The number of carbonyl (C=O) groups is 3. The summed E-state index contributed by atoms with van der Waals surface area (Å²) in [7, 11) is 0. The number of benzene rings is 1. The number of piperidine rings is 1. The largest absolute Gasteiger partial charge is 0.389 e. The van der Waals surface area contributed by atoms with Crippen molar-refractivity contribution in [1.82, 2.24) is 10.2 Å².